The molecule has 236 valence electrons. The quantitative estimate of drug-likeness (QED) is 0.0721. The van der Waals surface area contributed by atoms with Crippen LogP contribution in [0.3, 0.4) is 0 Å². The fourth-order valence-corrected chi connectivity index (χ4v) is 5.66. The third kappa shape index (κ3) is 8.61. The van der Waals surface area contributed by atoms with Crippen molar-refractivity contribution in [2.24, 2.45) is 22.6 Å². The van der Waals surface area contributed by atoms with Crippen LogP contribution in [0.1, 0.15) is 79.7 Å². The molecule has 1 aromatic carbocycles. The number of aliphatic imine (C=N–C) groups is 1. The van der Waals surface area contributed by atoms with Gasteiger partial charge in [-0.15, -0.1) is 0 Å². The minimum Gasteiger partial charge on any atom is -0.394 e. The van der Waals surface area contributed by atoms with E-state index in [2.05, 4.69) is 15.4 Å². The highest BCUT2D eigenvalue weighted by molar-refractivity contribution is 14.1. The van der Waals surface area contributed by atoms with Crippen molar-refractivity contribution in [1.82, 2.24) is 15.1 Å². The summed E-state index contributed by atoms with van der Waals surface area (Å²) in [6.45, 7) is 1.29. The first kappa shape index (κ1) is 34.6. The van der Waals surface area contributed by atoms with Gasteiger partial charge in [0.1, 0.15) is 17.5 Å². The predicted molar refractivity (Wildman–Crippen MR) is 160 cm³/mol. The number of amidine groups is 1. The van der Waals surface area contributed by atoms with E-state index in [9.17, 15) is 31.9 Å². The summed E-state index contributed by atoms with van der Waals surface area (Å²) in [4.78, 5) is 17.3. The van der Waals surface area contributed by atoms with E-state index in [-0.39, 0.29) is 29.2 Å². The number of nitrogens with two attached hydrogens (primary N) is 1. The van der Waals surface area contributed by atoms with Crippen LogP contribution in [0.25, 0.3) is 5.57 Å². The summed E-state index contributed by atoms with van der Waals surface area (Å²) in [5, 5.41) is 16.2. The van der Waals surface area contributed by atoms with Crippen molar-refractivity contribution < 1.29 is 36.2 Å². The van der Waals surface area contributed by atoms with E-state index in [1.807, 2.05) is 22.6 Å². The highest BCUT2D eigenvalue weighted by Gasteiger charge is 2.32. The number of amides is 1. The first-order valence-corrected chi connectivity index (χ1v) is 15.1. The van der Waals surface area contributed by atoms with Gasteiger partial charge in [0.15, 0.2) is 0 Å². The number of alkyl halides is 5. The second-order valence-electron chi connectivity index (χ2n) is 10.6. The van der Waals surface area contributed by atoms with E-state index in [0.29, 0.717) is 57.1 Å². The number of nitrogens with one attached hydrogen (secondary N) is 1. The number of nitrogens with zero attached hydrogens (tertiary/aromatic N) is 3. The largest absolute Gasteiger partial charge is 0.394 e. The van der Waals surface area contributed by atoms with E-state index in [1.165, 1.54) is 13.1 Å². The molecule has 1 aliphatic carbocycles. The van der Waals surface area contributed by atoms with Gasteiger partial charge in [0.2, 0.25) is 0 Å². The van der Waals surface area contributed by atoms with E-state index >= 15 is 4.39 Å². The Kier molecular flexibility index (Phi) is 12.2. The van der Waals surface area contributed by atoms with Gasteiger partial charge in [-0.3, -0.25) is 4.79 Å². The normalized spacial score (nSPS) is 19.0. The van der Waals surface area contributed by atoms with Crippen LogP contribution in [0.15, 0.2) is 40.8 Å². The van der Waals surface area contributed by atoms with Gasteiger partial charge < -0.3 is 16.2 Å². The molecule has 3 atom stereocenters. The smallest absolute Gasteiger partial charge is 0.333 e. The SMILES string of the molecule is Cc1nn(C(F)F)c(C)c1/C(=C/N=C(N)CI)CCC1CC(F)=C(C(=O)N[C@H](CO)c2cc(F)cc(C(F)F)c2)C(C)C1. The Hall–Kier alpha value is -2.88. The standard InChI is InChI=1S/C29H34F6IN5O2/c1-14-6-17(4-5-18(12-38-24(37)11-36)26-15(2)40-41(16(26)3)29(34)35)7-22(31)25(14)28(43)39-23(13-42)19-8-20(27(32)33)10-21(30)9-19/h8-10,12,14,17,23,27,29,42H,4-7,11,13H2,1-3H3,(H2,37,38)(H,39,43)/b18-12+/t14?,17?,23-/m1/s1. The number of carbonyl (C=O) groups is 1. The summed E-state index contributed by atoms with van der Waals surface area (Å²) in [6.07, 6.45) is -0.253. The molecule has 1 aliphatic rings. The van der Waals surface area contributed by atoms with Crippen LogP contribution in [0.5, 0.6) is 0 Å². The summed E-state index contributed by atoms with van der Waals surface area (Å²) >= 11 is 2.05. The molecule has 0 fully saturated rings. The van der Waals surface area contributed by atoms with Crippen molar-refractivity contribution in [1.29, 1.82) is 0 Å². The molecule has 2 unspecified atom stereocenters. The average molecular weight is 726 g/mol. The molecule has 0 radical (unpaired) electrons. The molecule has 0 aliphatic heterocycles. The highest BCUT2D eigenvalue weighted by Crippen LogP contribution is 2.39. The van der Waals surface area contributed by atoms with Crippen LogP contribution in [0, 0.1) is 31.5 Å². The zero-order valence-corrected chi connectivity index (χ0v) is 26.0. The number of rotatable bonds is 12. The maximum atomic E-state index is 15.4. The number of aromatic nitrogens is 2. The Morgan fingerprint density at radius 1 is 1.23 bits per heavy atom. The fraction of sp³-hybridized carbons (Fsp3) is 0.483. The van der Waals surface area contributed by atoms with E-state index < -0.39 is 54.7 Å². The lowest BCUT2D eigenvalue weighted by molar-refractivity contribution is -0.119. The maximum Gasteiger partial charge on any atom is 0.333 e. The van der Waals surface area contributed by atoms with Crippen LogP contribution < -0.4 is 11.1 Å². The molecule has 4 N–H and O–H groups in total. The minimum absolute atomic E-state index is 0.0624. The summed E-state index contributed by atoms with van der Waals surface area (Å²) in [5.41, 5.74) is 6.86. The van der Waals surface area contributed by atoms with Crippen molar-refractivity contribution >= 4 is 39.9 Å². The van der Waals surface area contributed by atoms with Crippen molar-refractivity contribution in [3.05, 3.63) is 69.7 Å². The zero-order valence-electron chi connectivity index (χ0n) is 23.9. The van der Waals surface area contributed by atoms with Crippen LogP contribution >= 0.6 is 22.6 Å². The van der Waals surface area contributed by atoms with Crippen molar-refractivity contribution in [2.75, 3.05) is 11.0 Å². The molecule has 1 aromatic heterocycles. The van der Waals surface area contributed by atoms with Gasteiger partial charge >= 0.3 is 6.55 Å². The highest BCUT2D eigenvalue weighted by atomic mass is 127. The number of carbonyl (C=O) groups excluding carboxylic acids is 1. The zero-order chi connectivity index (χ0) is 32.0. The minimum atomic E-state index is -2.96. The van der Waals surface area contributed by atoms with Gasteiger partial charge in [-0.25, -0.2) is 27.2 Å². The number of allylic oxidation sites excluding steroid dienone is 2. The molecular formula is C29H34F6IN5O2. The molecule has 14 heteroatoms. The first-order valence-electron chi connectivity index (χ1n) is 13.6. The number of aryl methyl sites for hydroxylation is 1. The number of aliphatic hydroxyl groups excluding tert-OH is 1. The number of hydrogen-bond acceptors (Lipinski definition) is 4. The van der Waals surface area contributed by atoms with Crippen molar-refractivity contribution in [3.8, 4) is 0 Å². The van der Waals surface area contributed by atoms with Crippen molar-refractivity contribution in [2.45, 2.75) is 65.5 Å². The van der Waals surface area contributed by atoms with E-state index in [1.54, 1.807) is 13.8 Å². The molecule has 7 nitrogen and oxygen atoms in total. The monoisotopic (exact) mass is 725 g/mol. The molecule has 0 spiro atoms. The molecule has 1 amide bonds. The summed E-state index contributed by atoms with van der Waals surface area (Å²) in [7, 11) is 0. The third-order valence-corrected chi connectivity index (χ3v) is 8.23. The third-order valence-electron chi connectivity index (χ3n) is 7.45. The predicted octanol–water partition coefficient (Wildman–Crippen LogP) is 7.00. The van der Waals surface area contributed by atoms with Gasteiger partial charge in [-0.05, 0) is 74.3 Å². The summed E-state index contributed by atoms with van der Waals surface area (Å²) < 4.78 is 83.6. The van der Waals surface area contributed by atoms with Gasteiger partial charge in [-0.2, -0.15) is 13.9 Å². The van der Waals surface area contributed by atoms with Crippen LogP contribution in [0.4, 0.5) is 26.3 Å². The number of aliphatic hydroxyl groups is 1. The summed E-state index contributed by atoms with van der Waals surface area (Å²) in [6, 6.07) is 1.34. The topological polar surface area (TPSA) is 106 Å². The van der Waals surface area contributed by atoms with Gasteiger partial charge in [0, 0.05) is 29.4 Å². The molecule has 3 rings (SSSR count). The van der Waals surface area contributed by atoms with Gasteiger partial charge in [0.05, 0.1) is 28.3 Å². The Balaban J connectivity index is 1.79. The van der Waals surface area contributed by atoms with E-state index in [0.717, 1.165) is 12.1 Å². The Morgan fingerprint density at radius 3 is 2.47 bits per heavy atom. The average Bonchev–Trinajstić information content (AvgIpc) is 3.24. The van der Waals surface area contributed by atoms with E-state index in [4.69, 9.17) is 5.73 Å². The van der Waals surface area contributed by atoms with Gasteiger partial charge in [0.25, 0.3) is 12.3 Å². The van der Waals surface area contributed by atoms with Crippen LogP contribution in [0.2, 0.25) is 0 Å². The van der Waals surface area contributed by atoms with Crippen LogP contribution in [-0.2, 0) is 4.79 Å². The Labute approximate surface area is 259 Å². The number of benzene rings is 1. The lowest BCUT2D eigenvalue weighted by atomic mass is 9.78. The molecule has 0 bridgehead atoms. The fourth-order valence-electron chi connectivity index (χ4n) is 5.46. The van der Waals surface area contributed by atoms with Gasteiger partial charge in [-0.1, -0.05) is 29.5 Å². The second-order valence-corrected chi connectivity index (χ2v) is 11.3. The van der Waals surface area contributed by atoms with Crippen molar-refractivity contribution in [3.63, 3.8) is 0 Å². The van der Waals surface area contributed by atoms with Crippen LogP contribution in [-0.4, -0.2) is 37.7 Å². The lowest BCUT2D eigenvalue weighted by Crippen LogP contribution is -2.35. The number of halogens is 7. The first-order chi connectivity index (χ1) is 20.3. The molecule has 43 heavy (non-hydrogen) atoms. The Bertz CT molecular complexity index is 1410. The second kappa shape index (κ2) is 15.2. The molecule has 0 saturated carbocycles. The summed E-state index contributed by atoms with van der Waals surface area (Å²) in [5.74, 6) is -2.82. The Morgan fingerprint density at radius 2 is 1.91 bits per heavy atom. The molecule has 2 aromatic rings. The lowest BCUT2D eigenvalue weighted by Gasteiger charge is -2.29. The maximum absolute atomic E-state index is 15.4. The molecule has 1 heterocycles. The number of hydrogen-bond donors (Lipinski definition) is 3. The molecular weight excluding hydrogens is 691 g/mol. The molecule has 0 saturated heterocycles.